The molecule has 0 atom stereocenters. The maximum atomic E-state index is 5.82. The number of benzene rings is 2. The quantitative estimate of drug-likeness (QED) is 0.899. The molecule has 0 saturated carbocycles. The zero-order chi connectivity index (χ0) is 14.6. The summed E-state index contributed by atoms with van der Waals surface area (Å²) < 4.78 is 0. The van der Waals surface area contributed by atoms with Gasteiger partial charge < -0.3 is 5.73 Å². The third-order valence-electron chi connectivity index (χ3n) is 4.01. The Hall–Kier alpha value is -1.64. The molecule has 0 aliphatic carbocycles. The Morgan fingerprint density at radius 2 is 1.45 bits per heavy atom. The van der Waals surface area contributed by atoms with Crippen LogP contribution in [0.2, 0.25) is 0 Å². The smallest absolute Gasteiger partial charge is 0.0275 e. The second kappa shape index (κ2) is 6.21. The molecule has 2 N–H and O–H groups in total. The van der Waals surface area contributed by atoms with E-state index in [0.29, 0.717) is 6.54 Å². The summed E-state index contributed by atoms with van der Waals surface area (Å²) in [6.07, 6.45) is 0. The Morgan fingerprint density at radius 1 is 0.900 bits per heavy atom. The highest BCUT2D eigenvalue weighted by molar-refractivity contribution is 5.63. The van der Waals surface area contributed by atoms with E-state index in [-0.39, 0.29) is 5.54 Å². The van der Waals surface area contributed by atoms with Gasteiger partial charge in [0, 0.05) is 18.6 Å². The molecule has 2 nitrogen and oxygen atoms in total. The monoisotopic (exact) mass is 268 g/mol. The normalized spacial score (nSPS) is 11.8. The van der Waals surface area contributed by atoms with Gasteiger partial charge in [-0.1, -0.05) is 54.6 Å². The van der Waals surface area contributed by atoms with E-state index in [1.165, 1.54) is 16.7 Å². The van der Waals surface area contributed by atoms with Crippen LogP contribution in [-0.4, -0.2) is 24.0 Å². The molecule has 20 heavy (non-hydrogen) atoms. The fraction of sp³-hybridized carbons (Fsp3) is 0.333. The molecule has 2 aromatic carbocycles. The van der Waals surface area contributed by atoms with E-state index in [1.807, 2.05) is 6.07 Å². The summed E-state index contributed by atoms with van der Waals surface area (Å²) in [7, 11) is 2.12. The van der Waals surface area contributed by atoms with Crippen LogP contribution in [0.4, 0.5) is 0 Å². The Bertz CT molecular complexity index is 529. The first-order valence-electron chi connectivity index (χ1n) is 7.08. The zero-order valence-corrected chi connectivity index (χ0v) is 12.6. The van der Waals surface area contributed by atoms with Gasteiger partial charge in [-0.15, -0.1) is 0 Å². The molecule has 0 aromatic heterocycles. The van der Waals surface area contributed by atoms with Crippen molar-refractivity contribution in [3.05, 3.63) is 60.2 Å². The van der Waals surface area contributed by atoms with E-state index in [2.05, 4.69) is 74.3 Å². The zero-order valence-electron chi connectivity index (χ0n) is 12.6. The van der Waals surface area contributed by atoms with Crippen molar-refractivity contribution in [3.8, 4) is 11.1 Å². The predicted octanol–water partition coefficient (Wildman–Crippen LogP) is 3.52. The van der Waals surface area contributed by atoms with Crippen molar-refractivity contribution >= 4 is 0 Å². The predicted molar refractivity (Wildman–Crippen MR) is 86.5 cm³/mol. The second-order valence-corrected chi connectivity index (χ2v) is 5.94. The highest BCUT2D eigenvalue weighted by Gasteiger charge is 2.21. The first-order valence-corrected chi connectivity index (χ1v) is 7.08. The number of hydrogen-bond donors (Lipinski definition) is 1. The van der Waals surface area contributed by atoms with Gasteiger partial charge in [-0.3, -0.25) is 4.90 Å². The van der Waals surface area contributed by atoms with Crippen molar-refractivity contribution in [2.24, 2.45) is 5.73 Å². The lowest BCUT2D eigenvalue weighted by Gasteiger charge is -2.34. The minimum Gasteiger partial charge on any atom is -0.329 e. The highest BCUT2D eigenvalue weighted by Crippen LogP contribution is 2.21. The standard InChI is InChI=1S/C18H24N2/c1-18(2,14-19)20(3)13-15-9-11-17(12-10-15)16-7-5-4-6-8-16/h4-12H,13-14,19H2,1-3H3. The van der Waals surface area contributed by atoms with Crippen LogP contribution in [0, 0.1) is 0 Å². The van der Waals surface area contributed by atoms with E-state index in [4.69, 9.17) is 5.73 Å². The molecular formula is C18H24N2. The lowest BCUT2D eigenvalue weighted by molar-refractivity contribution is 0.156. The van der Waals surface area contributed by atoms with Crippen molar-refractivity contribution < 1.29 is 0 Å². The Balaban J connectivity index is 2.10. The van der Waals surface area contributed by atoms with Gasteiger partial charge >= 0.3 is 0 Å². The van der Waals surface area contributed by atoms with Crippen molar-refractivity contribution in [1.29, 1.82) is 0 Å². The van der Waals surface area contributed by atoms with E-state index in [9.17, 15) is 0 Å². The Morgan fingerprint density at radius 3 is 2.00 bits per heavy atom. The van der Waals surface area contributed by atoms with Gasteiger partial charge in [-0.2, -0.15) is 0 Å². The van der Waals surface area contributed by atoms with E-state index >= 15 is 0 Å². The van der Waals surface area contributed by atoms with Gasteiger partial charge in [0.15, 0.2) is 0 Å². The average molecular weight is 268 g/mol. The van der Waals surface area contributed by atoms with Gasteiger partial charge in [0.2, 0.25) is 0 Å². The fourth-order valence-electron chi connectivity index (χ4n) is 2.08. The van der Waals surface area contributed by atoms with Crippen LogP contribution in [0.25, 0.3) is 11.1 Å². The molecule has 0 spiro atoms. The molecule has 2 rings (SSSR count). The van der Waals surface area contributed by atoms with Gasteiger partial charge in [-0.25, -0.2) is 0 Å². The van der Waals surface area contributed by atoms with Crippen LogP contribution in [-0.2, 0) is 6.54 Å². The fourth-order valence-corrected chi connectivity index (χ4v) is 2.08. The maximum Gasteiger partial charge on any atom is 0.0275 e. The number of rotatable bonds is 5. The molecule has 0 aliphatic heterocycles. The molecule has 0 amide bonds. The van der Waals surface area contributed by atoms with Gasteiger partial charge in [-0.05, 0) is 37.6 Å². The molecule has 0 aliphatic rings. The molecular weight excluding hydrogens is 244 g/mol. The van der Waals surface area contributed by atoms with Crippen LogP contribution in [0.15, 0.2) is 54.6 Å². The van der Waals surface area contributed by atoms with Crippen molar-refractivity contribution in [2.75, 3.05) is 13.6 Å². The Kier molecular flexibility index (Phi) is 4.58. The first kappa shape index (κ1) is 14.8. The molecule has 2 aromatic rings. The summed E-state index contributed by atoms with van der Waals surface area (Å²) in [5.74, 6) is 0. The van der Waals surface area contributed by atoms with Gasteiger partial charge in [0.05, 0.1) is 0 Å². The summed E-state index contributed by atoms with van der Waals surface area (Å²) in [6.45, 7) is 5.92. The van der Waals surface area contributed by atoms with Crippen LogP contribution in [0.1, 0.15) is 19.4 Å². The van der Waals surface area contributed by atoms with E-state index < -0.39 is 0 Å². The highest BCUT2D eigenvalue weighted by atomic mass is 15.2. The number of nitrogens with zero attached hydrogens (tertiary/aromatic N) is 1. The van der Waals surface area contributed by atoms with Crippen LogP contribution >= 0.6 is 0 Å². The molecule has 0 saturated heterocycles. The SMILES string of the molecule is CN(Cc1ccc(-c2ccccc2)cc1)C(C)(C)CN. The van der Waals surface area contributed by atoms with Crippen LogP contribution in [0.5, 0.6) is 0 Å². The molecule has 2 heteroatoms. The number of hydrogen-bond acceptors (Lipinski definition) is 2. The summed E-state index contributed by atoms with van der Waals surface area (Å²) >= 11 is 0. The first-order chi connectivity index (χ1) is 9.53. The molecule has 106 valence electrons. The van der Waals surface area contributed by atoms with Crippen molar-refractivity contribution in [3.63, 3.8) is 0 Å². The van der Waals surface area contributed by atoms with Crippen molar-refractivity contribution in [2.45, 2.75) is 25.9 Å². The largest absolute Gasteiger partial charge is 0.329 e. The summed E-state index contributed by atoms with van der Waals surface area (Å²) in [5.41, 5.74) is 9.68. The van der Waals surface area contributed by atoms with Crippen LogP contribution < -0.4 is 5.73 Å². The number of nitrogens with two attached hydrogens (primary N) is 1. The third-order valence-corrected chi connectivity index (χ3v) is 4.01. The molecule has 0 fully saturated rings. The van der Waals surface area contributed by atoms with Gasteiger partial charge in [0.25, 0.3) is 0 Å². The Labute approximate surface area is 122 Å². The topological polar surface area (TPSA) is 29.3 Å². The van der Waals surface area contributed by atoms with Gasteiger partial charge in [0.1, 0.15) is 0 Å². The molecule has 0 radical (unpaired) electrons. The van der Waals surface area contributed by atoms with E-state index in [0.717, 1.165) is 6.54 Å². The summed E-state index contributed by atoms with van der Waals surface area (Å²) in [4.78, 5) is 2.30. The summed E-state index contributed by atoms with van der Waals surface area (Å²) in [6, 6.07) is 19.2. The van der Waals surface area contributed by atoms with Crippen molar-refractivity contribution in [1.82, 2.24) is 4.90 Å². The average Bonchev–Trinajstić information content (AvgIpc) is 2.49. The third kappa shape index (κ3) is 3.47. The lowest BCUT2D eigenvalue weighted by Crippen LogP contribution is -2.46. The second-order valence-electron chi connectivity index (χ2n) is 5.94. The molecule has 0 unspecified atom stereocenters. The maximum absolute atomic E-state index is 5.82. The molecule has 0 heterocycles. The lowest BCUT2D eigenvalue weighted by atomic mass is 10.0. The van der Waals surface area contributed by atoms with Crippen LogP contribution in [0.3, 0.4) is 0 Å². The van der Waals surface area contributed by atoms with E-state index in [1.54, 1.807) is 0 Å². The number of likely N-dealkylation sites (N-methyl/N-ethyl adjacent to an activating group) is 1. The summed E-state index contributed by atoms with van der Waals surface area (Å²) in [5, 5.41) is 0. The minimum absolute atomic E-state index is 0.0259. The minimum atomic E-state index is 0.0259. The molecule has 0 bridgehead atoms.